The van der Waals surface area contributed by atoms with E-state index in [1.54, 1.807) is 13.8 Å². The fraction of sp³-hybridized carbons (Fsp3) is 0.941. The van der Waals surface area contributed by atoms with E-state index >= 15 is 0 Å². The molecule has 0 amide bonds. The number of hydrogen-bond donors (Lipinski definition) is 2. The van der Waals surface area contributed by atoms with Crippen LogP contribution in [-0.4, -0.2) is 54.8 Å². The van der Waals surface area contributed by atoms with E-state index in [4.69, 9.17) is 0 Å². The van der Waals surface area contributed by atoms with Gasteiger partial charge in [-0.25, -0.2) is 4.79 Å². The van der Waals surface area contributed by atoms with Crippen molar-refractivity contribution < 1.29 is 14.4 Å². The van der Waals surface area contributed by atoms with Gasteiger partial charge in [-0.05, 0) is 13.0 Å². The van der Waals surface area contributed by atoms with Gasteiger partial charge in [-0.3, -0.25) is 0 Å². The molecule has 0 aromatic heterocycles. The first kappa shape index (κ1) is 20.4. The van der Waals surface area contributed by atoms with Crippen molar-refractivity contribution >= 4 is 5.97 Å². The maximum absolute atomic E-state index is 11.3. The molecule has 0 heterocycles. The van der Waals surface area contributed by atoms with Gasteiger partial charge < -0.3 is 14.9 Å². The number of carboxylic acids is 1. The van der Waals surface area contributed by atoms with E-state index in [0.29, 0.717) is 4.48 Å². The Hall–Kier alpha value is -0.610. The first-order chi connectivity index (χ1) is 9.75. The molecular formula is C17H37N2O2+. The zero-order valence-corrected chi connectivity index (χ0v) is 14.9. The van der Waals surface area contributed by atoms with Crippen molar-refractivity contribution in [1.82, 2.24) is 5.32 Å². The summed E-state index contributed by atoms with van der Waals surface area (Å²) >= 11 is 0. The SMILES string of the molecule is CCCCCCCCNCCC[N+](C)(C)C(C)(C)C(=O)O. The normalized spacial score (nSPS) is 12.6. The molecule has 0 saturated carbocycles. The summed E-state index contributed by atoms with van der Waals surface area (Å²) in [5, 5.41) is 12.8. The van der Waals surface area contributed by atoms with Crippen LogP contribution in [0.1, 0.15) is 65.7 Å². The van der Waals surface area contributed by atoms with Gasteiger partial charge in [-0.1, -0.05) is 39.0 Å². The molecule has 0 aliphatic carbocycles. The fourth-order valence-corrected chi connectivity index (χ4v) is 2.29. The van der Waals surface area contributed by atoms with Gasteiger partial charge in [0.25, 0.3) is 0 Å². The molecule has 0 saturated heterocycles. The van der Waals surface area contributed by atoms with Crippen LogP contribution in [0.3, 0.4) is 0 Å². The third-order valence-electron chi connectivity index (χ3n) is 4.81. The maximum atomic E-state index is 11.3. The Labute approximate surface area is 131 Å². The van der Waals surface area contributed by atoms with Gasteiger partial charge in [0.05, 0.1) is 20.6 Å². The van der Waals surface area contributed by atoms with E-state index in [9.17, 15) is 9.90 Å². The third-order valence-corrected chi connectivity index (χ3v) is 4.81. The summed E-state index contributed by atoms with van der Waals surface area (Å²) < 4.78 is 0.515. The quantitative estimate of drug-likeness (QED) is 0.405. The van der Waals surface area contributed by atoms with Crippen molar-refractivity contribution in [3.05, 3.63) is 0 Å². The molecule has 4 heteroatoms. The Morgan fingerprint density at radius 2 is 1.52 bits per heavy atom. The number of quaternary nitrogens is 1. The fourth-order valence-electron chi connectivity index (χ4n) is 2.29. The predicted octanol–water partition coefficient (Wildman–Crippen LogP) is 3.27. The largest absolute Gasteiger partial charge is 0.477 e. The summed E-state index contributed by atoms with van der Waals surface area (Å²) in [7, 11) is 4.00. The van der Waals surface area contributed by atoms with Gasteiger partial charge >= 0.3 is 5.97 Å². The number of nitrogens with one attached hydrogen (secondary N) is 1. The highest BCUT2D eigenvalue weighted by Gasteiger charge is 2.43. The minimum atomic E-state index is -0.737. The van der Waals surface area contributed by atoms with Gasteiger partial charge in [0.1, 0.15) is 0 Å². The Bertz CT molecular complexity index is 289. The molecule has 0 unspecified atom stereocenters. The first-order valence-corrected chi connectivity index (χ1v) is 8.53. The number of carboxylic acid groups (broad SMARTS) is 1. The number of aliphatic carboxylic acids is 1. The number of unbranched alkanes of at least 4 members (excludes halogenated alkanes) is 5. The molecule has 0 atom stereocenters. The monoisotopic (exact) mass is 301 g/mol. The van der Waals surface area contributed by atoms with Crippen LogP contribution in [0.5, 0.6) is 0 Å². The number of hydrogen-bond acceptors (Lipinski definition) is 2. The lowest BCUT2D eigenvalue weighted by Gasteiger charge is -2.41. The second-order valence-corrected chi connectivity index (χ2v) is 7.14. The summed E-state index contributed by atoms with van der Waals surface area (Å²) in [5.74, 6) is -0.729. The van der Waals surface area contributed by atoms with Crippen LogP contribution in [-0.2, 0) is 4.79 Å². The highest BCUT2D eigenvalue weighted by atomic mass is 16.4. The molecule has 0 bridgehead atoms. The standard InChI is InChI=1S/C17H36N2O2/c1-6-7-8-9-10-11-13-18-14-12-15-19(4,5)17(2,3)16(20)21/h18H,6-15H2,1-5H3/p+1. The highest BCUT2D eigenvalue weighted by molar-refractivity contribution is 5.76. The second kappa shape index (κ2) is 10.2. The zero-order chi connectivity index (χ0) is 16.4. The van der Waals surface area contributed by atoms with Crippen LogP contribution in [0.25, 0.3) is 0 Å². The van der Waals surface area contributed by atoms with Crippen molar-refractivity contribution in [2.24, 2.45) is 0 Å². The molecule has 4 nitrogen and oxygen atoms in total. The number of carbonyl (C=O) groups is 1. The maximum Gasteiger partial charge on any atom is 0.365 e. The molecule has 0 fully saturated rings. The summed E-state index contributed by atoms with van der Waals surface area (Å²) in [5.41, 5.74) is -0.737. The highest BCUT2D eigenvalue weighted by Crippen LogP contribution is 2.20. The van der Waals surface area contributed by atoms with Crippen LogP contribution in [0, 0.1) is 0 Å². The van der Waals surface area contributed by atoms with Gasteiger partial charge in [-0.15, -0.1) is 0 Å². The Balaban J connectivity index is 3.65. The van der Waals surface area contributed by atoms with Crippen molar-refractivity contribution in [3.63, 3.8) is 0 Å². The van der Waals surface area contributed by atoms with E-state index in [-0.39, 0.29) is 0 Å². The summed E-state index contributed by atoms with van der Waals surface area (Å²) in [6.45, 7) is 8.79. The lowest BCUT2D eigenvalue weighted by Crippen LogP contribution is -2.61. The lowest BCUT2D eigenvalue weighted by atomic mass is 10.0. The molecule has 0 aliphatic heterocycles. The van der Waals surface area contributed by atoms with Gasteiger partial charge in [0.15, 0.2) is 5.54 Å². The second-order valence-electron chi connectivity index (χ2n) is 7.14. The molecule has 0 spiro atoms. The number of nitrogens with zero attached hydrogens (tertiary/aromatic N) is 1. The Morgan fingerprint density at radius 3 is 2.10 bits per heavy atom. The summed E-state index contributed by atoms with van der Waals surface area (Å²) in [6, 6.07) is 0. The Morgan fingerprint density at radius 1 is 1.00 bits per heavy atom. The smallest absolute Gasteiger partial charge is 0.365 e. The van der Waals surface area contributed by atoms with Crippen molar-refractivity contribution in [1.29, 1.82) is 0 Å². The molecule has 126 valence electrons. The molecule has 0 rings (SSSR count). The van der Waals surface area contributed by atoms with E-state index < -0.39 is 11.5 Å². The minimum Gasteiger partial charge on any atom is -0.477 e. The predicted molar refractivity (Wildman–Crippen MR) is 89.6 cm³/mol. The van der Waals surface area contributed by atoms with Crippen LogP contribution in [0.4, 0.5) is 0 Å². The molecule has 0 aromatic carbocycles. The summed E-state index contributed by atoms with van der Waals surface area (Å²) in [4.78, 5) is 11.3. The summed E-state index contributed by atoms with van der Waals surface area (Å²) in [6.07, 6.45) is 8.97. The Kier molecular flexibility index (Phi) is 9.88. The van der Waals surface area contributed by atoms with Crippen LogP contribution in [0.15, 0.2) is 0 Å². The van der Waals surface area contributed by atoms with Crippen LogP contribution in [0.2, 0.25) is 0 Å². The molecule has 2 N–H and O–H groups in total. The molecular weight excluding hydrogens is 264 g/mol. The number of rotatable bonds is 13. The van der Waals surface area contributed by atoms with Crippen LogP contribution >= 0.6 is 0 Å². The van der Waals surface area contributed by atoms with Gasteiger partial charge in [0, 0.05) is 26.8 Å². The minimum absolute atomic E-state index is 0.515. The first-order valence-electron chi connectivity index (χ1n) is 8.53. The molecule has 0 aromatic rings. The number of likely N-dealkylation sites (N-methyl/N-ethyl adjacent to an activating group) is 1. The molecule has 21 heavy (non-hydrogen) atoms. The van der Waals surface area contributed by atoms with Gasteiger partial charge in [0.2, 0.25) is 0 Å². The van der Waals surface area contributed by atoms with E-state index in [0.717, 1.165) is 26.1 Å². The average Bonchev–Trinajstić information content (AvgIpc) is 2.40. The van der Waals surface area contributed by atoms with E-state index in [2.05, 4.69) is 12.2 Å². The van der Waals surface area contributed by atoms with Crippen molar-refractivity contribution in [2.45, 2.75) is 71.3 Å². The average molecular weight is 301 g/mol. The van der Waals surface area contributed by atoms with Crippen molar-refractivity contribution in [3.8, 4) is 0 Å². The van der Waals surface area contributed by atoms with Crippen molar-refractivity contribution in [2.75, 3.05) is 33.7 Å². The zero-order valence-electron chi connectivity index (χ0n) is 14.9. The van der Waals surface area contributed by atoms with E-state index in [1.807, 2.05) is 14.1 Å². The van der Waals surface area contributed by atoms with E-state index in [1.165, 1.54) is 38.5 Å². The molecule has 0 radical (unpaired) electrons. The topological polar surface area (TPSA) is 49.3 Å². The van der Waals surface area contributed by atoms with Crippen LogP contribution < -0.4 is 5.32 Å². The third kappa shape index (κ3) is 7.82. The van der Waals surface area contributed by atoms with Gasteiger partial charge in [-0.2, -0.15) is 0 Å². The molecule has 0 aliphatic rings. The lowest BCUT2D eigenvalue weighted by molar-refractivity contribution is -0.928.